The number of nitrogens with zero attached hydrogens (tertiary/aromatic N) is 1. The number of nitrogens with one attached hydrogen (secondary N) is 1. The topological polar surface area (TPSA) is 17.0 Å². The first kappa shape index (κ1) is 13.0. The Labute approximate surface area is 114 Å². The van der Waals surface area contributed by atoms with Crippen LogP contribution in [0.1, 0.15) is 36.3 Å². The highest BCUT2D eigenvalue weighted by molar-refractivity contribution is 6.30. The Morgan fingerprint density at radius 1 is 1.06 bits per heavy atom. The number of rotatable bonds is 4. The highest BCUT2D eigenvalue weighted by Crippen LogP contribution is 2.21. The van der Waals surface area contributed by atoms with Gasteiger partial charge in [0.15, 0.2) is 0 Å². The summed E-state index contributed by atoms with van der Waals surface area (Å²) in [6.45, 7) is 6.39. The lowest BCUT2D eigenvalue weighted by Crippen LogP contribution is -2.22. The summed E-state index contributed by atoms with van der Waals surface area (Å²) in [5.41, 5.74) is 7.26. The first-order valence-corrected chi connectivity index (χ1v) is 6.66. The quantitative estimate of drug-likeness (QED) is 0.861. The van der Waals surface area contributed by atoms with Crippen LogP contribution in [0.2, 0.25) is 5.02 Å². The molecule has 0 radical (unpaired) electrons. The molecule has 1 unspecified atom stereocenters. The minimum atomic E-state index is 0.298. The van der Waals surface area contributed by atoms with Gasteiger partial charge < -0.3 is 5.43 Å². The van der Waals surface area contributed by atoms with E-state index >= 15 is 0 Å². The van der Waals surface area contributed by atoms with Crippen LogP contribution in [-0.4, -0.2) is 4.68 Å². The van der Waals surface area contributed by atoms with Crippen LogP contribution in [0.5, 0.6) is 0 Å². The molecular formula is C15H19ClN2. The van der Waals surface area contributed by atoms with E-state index < -0.39 is 0 Å². The zero-order chi connectivity index (χ0) is 13.1. The van der Waals surface area contributed by atoms with E-state index in [1.165, 1.54) is 17.0 Å². The van der Waals surface area contributed by atoms with Gasteiger partial charge in [0.05, 0.1) is 6.04 Å². The van der Waals surface area contributed by atoms with Crippen molar-refractivity contribution in [2.24, 2.45) is 0 Å². The fourth-order valence-electron chi connectivity index (χ4n) is 2.12. The number of aryl methyl sites for hydroxylation is 2. The largest absolute Gasteiger partial charge is 0.318 e. The molecule has 0 saturated carbocycles. The van der Waals surface area contributed by atoms with E-state index in [4.69, 9.17) is 11.6 Å². The third kappa shape index (κ3) is 2.70. The molecule has 1 N–H and O–H groups in total. The minimum Gasteiger partial charge on any atom is -0.318 e. The van der Waals surface area contributed by atoms with Gasteiger partial charge in [-0.15, -0.1) is 0 Å². The predicted molar refractivity (Wildman–Crippen MR) is 77.8 cm³/mol. The molecule has 1 aromatic carbocycles. The predicted octanol–water partition coefficient (Wildman–Crippen LogP) is 4.45. The van der Waals surface area contributed by atoms with Gasteiger partial charge in [-0.2, -0.15) is 0 Å². The maximum absolute atomic E-state index is 5.93. The van der Waals surface area contributed by atoms with Crippen LogP contribution in [-0.2, 0) is 0 Å². The molecule has 2 nitrogen and oxygen atoms in total. The summed E-state index contributed by atoms with van der Waals surface area (Å²) in [4.78, 5) is 0. The Morgan fingerprint density at radius 2 is 1.61 bits per heavy atom. The van der Waals surface area contributed by atoms with E-state index in [1.807, 2.05) is 12.1 Å². The van der Waals surface area contributed by atoms with E-state index in [9.17, 15) is 0 Å². The molecule has 2 rings (SSSR count). The van der Waals surface area contributed by atoms with Gasteiger partial charge in [0.25, 0.3) is 0 Å². The van der Waals surface area contributed by atoms with Crippen LogP contribution < -0.4 is 5.43 Å². The molecule has 0 aliphatic rings. The first-order valence-electron chi connectivity index (χ1n) is 6.28. The molecule has 0 spiro atoms. The molecule has 0 aliphatic carbocycles. The minimum absolute atomic E-state index is 0.298. The Morgan fingerprint density at radius 3 is 2.11 bits per heavy atom. The van der Waals surface area contributed by atoms with Crippen LogP contribution >= 0.6 is 11.6 Å². The smallest absolute Gasteiger partial charge is 0.0671 e. The van der Waals surface area contributed by atoms with Crippen molar-refractivity contribution in [2.75, 3.05) is 5.43 Å². The lowest BCUT2D eigenvalue weighted by Gasteiger charge is -2.22. The molecule has 0 fully saturated rings. The van der Waals surface area contributed by atoms with Gasteiger partial charge in [0.2, 0.25) is 0 Å². The average molecular weight is 263 g/mol. The average Bonchev–Trinajstić information content (AvgIpc) is 2.68. The van der Waals surface area contributed by atoms with Crippen molar-refractivity contribution in [1.82, 2.24) is 4.68 Å². The van der Waals surface area contributed by atoms with Crippen molar-refractivity contribution >= 4 is 11.6 Å². The standard InChI is InChI=1S/C15H19ClN2/c1-4-15(13-7-9-14(16)10-8-13)17-18-11(2)5-6-12(18)3/h5-10,15,17H,4H2,1-3H3. The van der Waals surface area contributed by atoms with Crippen molar-refractivity contribution in [3.63, 3.8) is 0 Å². The molecule has 0 bridgehead atoms. The fraction of sp³-hybridized carbons (Fsp3) is 0.333. The number of aromatic nitrogens is 1. The number of halogens is 1. The van der Waals surface area contributed by atoms with Crippen molar-refractivity contribution < 1.29 is 0 Å². The summed E-state index contributed by atoms with van der Waals surface area (Å²) in [5, 5.41) is 0.780. The lowest BCUT2D eigenvalue weighted by molar-refractivity contribution is 0.636. The summed E-state index contributed by atoms with van der Waals surface area (Å²) >= 11 is 5.93. The van der Waals surface area contributed by atoms with Gasteiger partial charge in [-0.1, -0.05) is 30.7 Å². The number of benzene rings is 1. The first-order chi connectivity index (χ1) is 8.61. The third-order valence-corrected chi connectivity index (χ3v) is 3.49. The second-order valence-electron chi connectivity index (χ2n) is 4.59. The zero-order valence-electron chi connectivity index (χ0n) is 11.1. The highest BCUT2D eigenvalue weighted by atomic mass is 35.5. The Bertz CT molecular complexity index is 494. The maximum atomic E-state index is 5.93. The monoisotopic (exact) mass is 262 g/mol. The van der Waals surface area contributed by atoms with Gasteiger partial charge in [-0.25, -0.2) is 0 Å². The van der Waals surface area contributed by atoms with Crippen LogP contribution in [0.4, 0.5) is 0 Å². The Kier molecular flexibility index (Phi) is 3.97. The van der Waals surface area contributed by atoms with Gasteiger partial charge in [-0.05, 0) is 50.1 Å². The molecule has 1 heterocycles. The van der Waals surface area contributed by atoms with E-state index in [-0.39, 0.29) is 0 Å². The molecule has 0 aliphatic heterocycles. The van der Waals surface area contributed by atoms with Crippen LogP contribution in [0, 0.1) is 13.8 Å². The van der Waals surface area contributed by atoms with Crippen molar-refractivity contribution in [1.29, 1.82) is 0 Å². The lowest BCUT2D eigenvalue weighted by atomic mass is 10.1. The summed E-state index contributed by atoms with van der Waals surface area (Å²) in [6, 6.07) is 12.6. The Balaban J connectivity index is 2.22. The summed E-state index contributed by atoms with van der Waals surface area (Å²) in [6.07, 6.45) is 1.03. The van der Waals surface area contributed by atoms with E-state index in [0.717, 1.165) is 11.4 Å². The molecule has 2 aromatic rings. The van der Waals surface area contributed by atoms with Gasteiger partial charge in [0, 0.05) is 16.4 Å². The molecule has 1 atom stereocenters. The second kappa shape index (κ2) is 5.49. The van der Waals surface area contributed by atoms with E-state index in [2.05, 4.69) is 55.1 Å². The van der Waals surface area contributed by atoms with Crippen LogP contribution in [0.15, 0.2) is 36.4 Å². The maximum Gasteiger partial charge on any atom is 0.0671 e. The van der Waals surface area contributed by atoms with Crippen molar-refractivity contribution in [3.05, 3.63) is 58.4 Å². The van der Waals surface area contributed by atoms with Crippen molar-refractivity contribution in [3.8, 4) is 0 Å². The summed E-state index contributed by atoms with van der Waals surface area (Å²) in [5.74, 6) is 0. The van der Waals surface area contributed by atoms with E-state index in [1.54, 1.807) is 0 Å². The highest BCUT2D eigenvalue weighted by Gasteiger charge is 2.10. The third-order valence-electron chi connectivity index (χ3n) is 3.24. The zero-order valence-corrected chi connectivity index (χ0v) is 11.8. The fourth-order valence-corrected chi connectivity index (χ4v) is 2.25. The molecule has 96 valence electrons. The summed E-state index contributed by atoms with van der Waals surface area (Å²) < 4.78 is 2.14. The molecule has 18 heavy (non-hydrogen) atoms. The normalized spacial score (nSPS) is 12.4. The Hall–Kier alpha value is -1.41. The van der Waals surface area contributed by atoms with Crippen LogP contribution in [0.3, 0.4) is 0 Å². The molecule has 3 heteroatoms. The van der Waals surface area contributed by atoms with Gasteiger partial charge >= 0.3 is 0 Å². The van der Waals surface area contributed by atoms with Crippen LogP contribution in [0.25, 0.3) is 0 Å². The van der Waals surface area contributed by atoms with Crippen molar-refractivity contribution in [2.45, 2.75) is 33.2 Å². The molecule has 0 saturated heterocycles. The van der Waals surface area contributed by atoms with Gasteiger partial charge in [0.1, 0.15) is 0 Å². The molecule has 1 aromatic heterocycles. The molecular weight excluding hydrogens is 244 g/mol. The summed E-state index contributed by atoms with van der Waals surface area (Å²) in [7, 11) is 0. The SMILES string of the molecule is CCC(Nn1c(C)ccc1C)c1ccc(Cl)cc1. The van der Waals surface area contributed by atoms with Gasteiger partial charge in [-0.3, -0.25) is 4.68 Å². The molecule has 0 amide bonds. The number of hydrogen-bond donors (Lipinski definition) is 1. The number of hydrogen-bond acceptors (Lipinski definition) is 1. The van der Waals surface area contributed by atoms with E-state index in [0.29, 0.717) is 6.04 Å². The second-order valence-corrected chi connectivity index (χ2v) is 5.03.